The van der Waals surface area contributed by atoms with Gasteiger partial charge >= 0.3 is 0 Å². The Balaban J connectivity index is 1.65. The topological polar surface area (TPSA) is 75.7 Å². The molecule has 0 bridgehead atoms. The molecule has 0 unspecified atom stereocenters. The van der Waals surface area contributed by atoms with Crippen LogP contribution in [0.5, 0.6) is 5.75 Å². The first-order valence-electron chi connectivity index (χ1n) is 10.7. The zero-order valence-electron chi connectivity index (χ0n) is 19.7. The van der Waals surface area contributed by atoms with E-state index in [2.05, 4.69) is 5.32 Å². The number of rotatable bonds is 6. The predicted octanol–water partition coefficient (Wildman–Crippen LogP) is 5.91. The molecule has 0 aliphatic rings. The van der Waals surface area contributed by atoms with Gasteiger partial charge < -0.3 is 10.1 Å². The third-order valence-electron chi connectivity index (χ3n) is 5.90. The van der Waals surface area contributed by atoms with Crippen molar-refractivity contribution in [3.8, 4) is 5.75 Å². The SMILES string of the molecule is COc1ccc(C)cc1S(=O)(=O)N(C)c1ccc2sc(C(=O)Nc3cccc(C)c3C)cc2c1. The van der Waals surface area contributed by atoms with Gasteiger partial charge in [-0.25, -0.2) is 8.42 Å². The first-order valence-corrected chi connectivity index (χ1v) is 12.9. The fourth-order valence-electron chi connectivity index (χ4n) is 3.68. The van der Waals surface area contributed by atoms with Gasteiger partial charge in [0.1, 0.15) is 10.6 Å². The van der Waals surface area contributed by atoms with Crippen molar-refractivity contribution in [2.45, 2.75) is 25.7 Å². The lowest BCUT2D eigenvalue weighted by Gasteiger charge is -2.21. The van der Waals surface area contributed by atoms with E-state index in [1.165, 1.54) is 29.8 Å². The number of ether oxygens (including phenoxy) is 1. The van der Waals surface area contributed by atoms with Gasteiger partial charge in [0, 0.05) is 17.4 Å². The number of carbonyl (C=O) groups is 1. The minimum atomic E-state index is -3.85. The molecule has 0 saturated heterocycles. The molecule has 4 rings (SSSR count). The number of fused-ring (bicyclic) bond motifs is 1. The molecule has 0 spiro atoms. The van der Waals surface area contributed by atoms with Gasteiger partial charge in [0.05, 0.1) is 17.7 Å². The number of hydrogen-bond acceptors (Lipinski definition) is 5. The molecule has 0 aliphatic carbocycles. The Morgan fingerprint density at radius 1 is 1.00 bits per heavy atom. The molecule has 8 heteroatoms. The largest absolute Gasteiger partial charge is 0.495 e. The Hall–Kier alpha value is -3.36. The van der Waals surface area contributed by atoms with Crippen molar-refractivity contribution >= 4 is 48.7 Å². The third kappa shape index (κ3) is 4.38. The molecule has 34 heavy (non-hydrogen) atoms. The van der Waals surface area contributed by atoms with Gasteiger partial charge in [0.15, 0.2) is 0 Å². The van der Waals surface area contributed by atoms with Crippen molar-refractivity contribution < 1.29 is 17.9 Å². The standard InChI is InChI=1S/C26H26N2O4S2/c1-16-9-11-22(32-5)25(13-16)34(30,31)28(4)20-10-12-23-19(14-20)15-24(33-23)26(29)27-21-8-6-7-17(2)18(21)3/h6-15H,1-5H3,(H,27,29). The van der Waals surface area contributed by atoms with Crippen LogP contribution < -0.4 is 14.4 Å². The molecule has 0 radical (unpaired) electrons. The number of nitrogens with one attached hydrogen (secondary N) is 1. The van der Waals surface area contributed by atoms with E-state index in [-0.39, 0.29) is 10.8 Å². The van der Waals surface area contributed by atoms with Crippen LogP contribution in [-0.4, -0.2) is 28.5 Å². The van der Waals surface area contributed by atoms with Crippen LogP contribution in [0.15, 0.2) is 65.6 Å². The molecular formula is C26H26N2O4S2. The lowest BCUT2D eigenvalue weighted by atomic mass is 10.1. The Morgan fingerprint density at radius 2 is 1.76 bits per heavy atom. The third-order valence-corrected chi connectivity index (χ3v) is 8.82. The van der Waals surface area contributed by atoms with Gasteiger partial charge in [-0.1, -0.05) is 18.2 Å². The normalized spacial score (nSPS) is 11.4. The highest BCUT2D eigenvalue weighted by Crippen LogP contribution is 2.34. The number of anilines is 2. The minimum Gasteiger partial charge on any atom is -0.495 e. The van der Waals surface area contributed by atoms with Gasteiger partial charge in [0.2, 0.25) is 0 Å². The van der Waals surface area contributed by atoms with E-state index in [9.17, 15) is 13.2 Å². The summed E-state index contributed by atoms with van der Waals surface area (Å²) in [4.78, 5) is 13.6. The molecule has 1 amide bonds. The van der Waals surface area contributed by atoms with E-state index >= 15 is 0 Å². The highest BCUT2D eigenvalue weighted by atomic mass is 32.2. The first kappa shape index (κ1) is 23.8. The second kappa shape index (κ2) is 9.12. The maximum atomic E-state index is 13.4. The quantitative estimate of drug-likeness (QED) is 0.361. The van der Waals surface area contributed by atoms with Crippen molar-refractivity contribution in [2.75, 3.05) is 23.8 Å². The van der Waals surface area contributed by atoms with Crippen LogP contribution >= 0.6 is 11.3 Å². The predicted molar refractivity (Wildman–Crippen MR) is 139 cm³/mol. The molecule has 1 heterocycles. The second-order valence-electron chi connectivity index (χ2n) is 8.16. The monoisotopic (exact) mass is 494 g/mol. The summed E-state index contributed by atoms with van der Waals surface area (Å²) in [6, 6.07) is 18.0. The van der Waals surface area contributed by atoms with Crippen LogP contribution in [0.2, 0.25) is 0 Å². The maximum absolute atomic E-state index is 13.4. The van der Waals surface area contributed by atoms with Crippen LogP contribution in [0.1, 0.15) is 26.4 Å². The van der Waals surface area contributed by atoms with E-state index < -0.39 is 10.0 Å². The molecule has 0 fully saturated rings. The Labute approximate surface area is 203 Å². The summed E-state index contributed by atoms with van der Waals surface area (Å²) in [6.07, 6.45) is 0. The van der Waals surface area contributed by atoms with Crippen LogP contribution in [0.25, 0.3) is 10.1 Å². The Bertz CT molecular complexity index is 1510. The summed E-state index contributed by atoms with van der Waals surface area (Å²) in [5.74, 6) is 0.0985. The van der Waals surface area contributed by atoms with Crippen LogP contribution in [0.3, 0.4) is 0 Å². The zero-order valence-corrected chi connectivity index (χ0v) is 21.3. The molecule has 0 saturated carbocycles. The molecule has 6 nitrogen and oxygen atoms in total. The van der Waals surface area contributed by atoms with Gasteiger partial charge in [0.25, 0.3) is 15.9 Å². The molecule has 1 aromatic heterocycles. The van der Waals surface area contributed by atoms with E-state index in [0.717, 1.165) is 32.5 Å². The number of nitrogens with zero attached hydrogens (tertiary/aromatic N) is 1. The van der Waals surface area contributed by atoms with Crippen LogP contribution in [-0.2, 0) is 10.0 Å². The number of sulfonamides is 1. The van der Waals surface area contributed by atoms with Crippen molar-refractivity contribution in [1.29, 1.82) is 0 Å². The highest BCUT2D eigenvalue weighted by molar-refractivity contribution is 7.93. The summed E-state index contributed by atoms with van der Waals surface area (Å²) in [5.41, 5.74) is 4.22. The van der Waals surface area contributed by atoms with Crippen molar-refractivity contribution in [3.05, 3.63) is 82.2 Å². The number of aryl methyl sites for hydroxylation is 2. The molecule has 4 aromatic rings. The summed E-state index contributed by atoms with van der Waals surface area (Å²) >= 11 is 1.37. The number of amides is 1. The first-order chi connectivity index (χ1) is 16.1. The van der Waals surface area contributed by atoms with Gasteiger partial charge in [-0.3, -0.25) is 9.10 Å². The lowest BCUT2D eigenvalue weighted by Crippen LogP contribution is -2.27. The molecule has 3 aromatic carbocycles. The average Bonchev–Trinajstić information content (AvgIpc) is 3.25. The number of carbonyl (C=O) groups excluding carboxylic acids is 1. The minimum absolute atomic E-state index is 0.108. The lowest BCUT2D eigenvalue weighted by molar-refractivity contribution is 0.103. The highest BCUT2D eigenvalue weighted by Gasteiger charge is 2.26. The summed E-state index contributed by atoms with van der Waals surface area (Å²) in [7, 11) is -0.890. The number of thiophene rings is 1. The number of hydrogen-bond donors (Lipinski definition) is 1. The smallest absolute Gasteiger partial charge is 0.267 e. The Morgan fingerprint density at radius 3 is 2.50 bits per heavy atom. The summed E-state index contributed by atoms with van der Waals surface area (Å²) in [6.45, 7) is 5.81. The number of methoxy groups -OCH3 is 1. The van der Waals surface area contributed by atoms with Crippen LogP contribution in [0, 0.1) is 20.8 Å². The fraction of sp³-hybridized carbons (Fsp3) is 0.192. The Kier molecular flexibility index (Phi) is 6.38. The zero-order chi connectivity index (χ0) is 24.6. The van der Waals surface area contributed by atoms with Crippen molar-refractivity contribution in [2.24, 2.45) is 0 Å². The molecule has 176 valence electrons. The summed E-state index contributed by atoms with van der Waals surface area (Å²) < 4.78 is 34.1. The molecule has 1 N–H and O–H groups in total. The van der Waals surface area contributed by atoms with Crippen molar-refractivity contribution in [3.63, 3.8) is 0 Å². The van der Waals surface area contributed by atoms with E-state index in [4.69, 9.17) is 4.74 Å². The van der Waals surface area contributed by atoms with Gasteiger partial charge in [-0.15, -0.1) is 11.3 Å². The molecule has 0 atom stereocenters. The van der Waals surface area contributed by atoms with Crippen LogP contribution in [0.4, 0.5) is 11.4 Å². The summed E-state index contributed by atoms with van der Waals surface area (Å²) in [5, 5.41) is 3.78. The maximum Gasteiger partial charge on any atom is 0.267 e. The van der Waals surface area contributed by atoms with Gasteiger partial charge in [-0.05, 0) is 85.3 Å². The van der Waals surface area contributed by atoms with Gasteiger partial charge in [-0.2, -0.15) is 0 Å². The average molecular weight is 495 g/mol. The van der Waals surface area contributed by atoms with Crippen molar-refractivity contribution in [1.82, 2.24) is 0 Å². The number of benzene rings is 3. The molecule has 0 aliphatic heterocycles. The molecular weight excluding hydrogens is 468 g/mol. The fourth-order valence-corrected chi connectivity index (χ4v) is 6.05. The van der Waals surface area contributed by atoms with E-state index in [0.29, 0.717) is 16.3 Å². The van der Waals surface area contributed by atoms with E-state index in [1.807, 2.05) is 45.0 Å². The van der Waals surface area contributed by atoms with E-state index in [1.54, 1.807) is 36.4 Å². The second-order valence-corrected chi connectivity index (χ2v) is 11.2.